The van der Waals surface area contributed by atoms with E-state index in [1.165, 1.54) is 0 Å². The van der Waals surface area contributed by atoms with Crippen molar-refractivity contribution in [2.24, 2.45) is 0 Å². The number of ketones is 1. The quantitative estimate of drug-likeness (QED) is 0.782. The van der Waals surface area contributed by atoms with Gasteiger partial charge in [0.2, 0.25) is 0 Å². The third-order valence-electron chi connectivity index (χ3n) is 3.22. The minimum absolute atomic E-state index is 0.102. The number of aromatic nitrogens is 1. The molecule has 0 spiro atoms. The zero-order chi connectivity index (χ0) is 14.0. The molecule has 0 fully saturated rings. The van der Waals surface area contributed by atoms with Crippen molar-refractivity contribution in [3.63, 3.8) is 0 Å². The molecule has 2 aromatic rings. The van der Waals surface area contributed by atoms with Gasteiger partial charge in [0.1, 0.15) is 5.75 Å². The number of ether oxygens (including phenoxy) is 1. The molecule has 0 bridgehead atoms. The molecule has 3 heteroatoms. The number of carbonyl (C=O) groups excluding carboxylic acids is 1. The SMILES string of the molecule is CCOc1ccc(-n2c(C)cc(C(C)=O)c2C)cc1. The molecule has 100 valence electrons. The number of hydrogen-bond donors (Lipinski definition) is 0. The van der Waals surface area contributed by atoms with Crippen molar-refractivity contribution in [1.29, 1.82) is 0 Å². The second-order valence-corrected chi connectivity index (χ2v) is 4.60. The molecule has 0 atom stereocenters. The van der Waals surface area contributed by atoms with Crippen LogP contribution in [-0.4, -0.2) is 17.0 Å². The van der Waals surface area contributed by atoms with Crippen LogP contribution in [0.15, 0.2) is 30.3 Å². The topological polar surface area (TPSA) is 31.2 Å². The summed E-state index contributed by atoms with van der Waals surface area (Å²) in [6, 6.07) is 9.86. The lowest BCUT2D eigenvalue weighted by Crippen LogP contribution is -2.01. The molecule has 1 aromatic heterocycles. The van der Waals surface area contributed by atoms with Gasteiger partial charge in [0.05, 0.1) is 6.61 Å². The average molecular weight is 257 g/mol. The number of benzene rings is 1. The van der Waals surface area contributed by atoms with Gasteiger partial charge in [-0.2, -0.15) is 0 Å². The van der Waals surface area contributed by atoms with Crippen molar-refractivity contribution >= 4 is 5.78 Å². The summed E-state index contributed by atoms with van der Waals surface area (Å²) in [7, 11) is 0. The van der Waals surface area contributed by atoms with E-state index < -0.39 is 0 Å². The first-order valence-corrected chi connectivity index (χ1v) is 6.47. The molecule has 1 heterocycles. The highest BCUT2D eigenvalue weighted by Gasteiger charge is 2.13. The zero-order valence-electron chi connectivity index (χ0n) is 11.9. The maximum Gasteiger partial charge on any atom is 0.161 e. The van der Waals surface area contributed by atoms with Gasteiger partial charge in [-0.05, 0) is 58.0 Å². The van der Waals surface area contributed by atoms with Gasteiger partial charge < -0.3 is 9.30 Å². The van der Waals surface area contributed by atoms with Crippen LogP contribution in [0.5, 0.6) is 5.75 Å². The third kappa shape index (κ3) is 2.55. The Morgan fingerprint density at radius 1 is 1.21 bits per heavy atom. The zero-order valence-corrected chi connectivity index (χ0v) is 11.9. The summed E-state index contributed by atoms with van der Waals surface area (Å²) in [5, 5.41) is 0. The second kappa shape index (κ2) is 5.31. The maximum absolute atomic E-state index is 11.6. The summed E-state index contributed by atoms with van der Waals surface area (Å²) in [6.07, 6.45) is 0. The first-order valence-electron chi connectivity index (χ1n) is 6.47. The van der Waals surface area contributed by atoms with Crippen LogP contribution in [0.25, 0.3) is 5.69 Å². The Balaban J connectivity index is 2.44. The van der Waals surface area contributed by atoms with Crippen LogP contribution in [0.3, 0.4) is 0 Å². The largest absolute Gasteiger partial charge is 0.494 e. The van der Waals surface area contributed by atoms with Gasteiger partial charge in [0.25, 0.3) is 0 Å². The number of nitrogens with zero attached hydrogens (tertiary/aromatic N) is 1. The van der Waals surface area contributed by atoms with Gasteiger partial charge in [-0.1, -0.05) is 0 Å². The van der Waals surface area contributed by atoms with Crippen LogP contribution < -0.4 is 4.74 Å². The molecule has 0 aliphatic heterocycles. The Morgan fingerprint density at radius 3 is 2.32 bits per heavy atom. The second-order valence-electron chi connectivity index (χ2n) is 4.60. The van der Waals surface area contributed by atoms with E-state index >= 15 is 0 Å². The number of carbonyl (C=O) groups is 1. The standard InChI is InChI=1S/C16H19NO2/c1-5-19-15-8-6-14(7-9-15)17-11(2)10-16(12(17)3)13(4)18/h6-10H,5H2,1-4H3. The van der Waals surface area contributed by atoms with Crippen LogP contribution in [0.4, 0.5) is 0 Å². The van der Waals surface area contributed by atoms with Crippen LogP contribution in [-0.2, 0) is 0 Å². The van der Waals surface area contributed by atoms with E-state index in [9.17, 15) is 4.79 Å². The molecule has 3 nitrogen and oxygen atoms in total. The Kier molecular flexibility index (Phi) is 3.74. The van der Waals surface area contributed by atoms with Crippen molar-refractivity contribution in [3.05, 3.63) is 47.3 Å². The van der Waals surface area contributed by atoms with E-state index in [0.29, 0.717) is 6.61 Å². The van der Waals surface area contributed by atoms with Crippen LogP contribution in [0, 0.1) is 13.8 Å². The summed E-state index contributed by atoms with van der Waals surface area (Å²) < 4.78 is 7.53. The number of Topliss-reactive ketones (excluding diaryl/α,β-unsaturated/α-hetero) is 1. The van der Waals surface area contributed by atoms with E-state index in [-0.39, 0.29) is 5.78 Å². The summed E-state index contributed by atoms with van der Waals surface area (Å²) >= 11 is 0. The predicted molar refractivity (Wildman–Crippen MR) is 76.4 cm³/mol. The van der Waals surface area contributed by atoms with Gasteiger partial charge in [-0.15, -0.1) is 0 Å². The normalized spacial score (nSPS) is 10.5. The molecule has 0 unspecified atom stereocenters. The van der Waals surface area contributed by atoms with Gasteiger partial charge in [-0.25, -0.2) is 0 Å². The highest BCUT2D eigenvalue weighted by molar-refractivity contribution is 5.95. The summed E-state index contributed by atoms with van der Waals surface area (Å²) in [5.74, 6) is 0.964. The van der Waals surface area contributed by atoms with Crippen LogP contribution in [0.1, 0.15) is 35.6 Å². The fourth-order valence-corrected chi connectivity index (χ4v) is 2.37. The Hall–Kier alpha value is -2.03. The Labute approximate surface area is 113 Å². The molecule has 2 rings (SSSR count). The molecule has 0 N–H and O–H groups in total. The third-order valence-corrected chi connectivity index (χ3v) is 3.22. The molecule has 0 radical (unpaired) electrons. The lowest BCUT2D eigenvalue weighted by atomic mass is 10.2. The predicted octanol–water partition coefficient (Wildman–Crippen LogP) is 3.70. The molecular weight excluding hydrogens is 238 g/mol. The fourth-order valence-electron chi connectivity index (χ4n) is 2.37. The monoisotopic (exact) mass is 257 g/mol. The molecule has 0 aliphatic carbocycles. The lowest BCUT2D eigenvalue weighted by Gasteiger charge is -2.11. The van der Waals surface area contributed by atoms with E-state index in [1.807, 2.05) is 51.1 Å². The molecule has 0 aliphatic rings. The maximum atomic E-state index is 11.6. The number of aryl methyl sites for hydroxylation is 1. The van der Waals surface area contributed by atoms with E-state index in [4.69, 9.17) is 4.74 Å². The van der Waals surface area contributed by atoms with Gasteiger partial charge in [0, 0.05) is 22.6 Å². The van der Waals surface area contributed by atoms with Crippen LogP contribution >= 0.6 is 0 Å². The van der Waals surface area contributed by atoms with Gasteiger partial charge >= 0.3 is 0 Å². The highest BCUT2D eigenvalue weighted by atomic mass is 16.5. The van der Waals surface area contributed by atoms with Crippen molar-refractivity contribution in [1.82, 2.24) is 4.57 Å². The number of hydrogen-bond acceptors (Lipinski definition) is 2. The van der Waals surface area contributed by atoms with E-state index in [0.717, 1.165) is 28.4 Å². The summed E-state index contributed by atoms with van der Waals surface area (Å²) in [5.41, 5.74) is 3.87. The van der Waals surface area contributed by atoms with Gasteiger partial charge in [-0.3, -0.25) is 4.79 Å². The van der Waals surface area contributed by atoms with E-state index in [2.05, 4.69) is 4.57 Å². The first-order chi connectivity index (χ1) is 9.04. The van der Waals surface area contributed by atoms with Crippen molar-refractivity contribution < 1.29 is 9.53 Å². The van der Waals surface area contributed by atoms with Crippen molar-refractivity contribution in [2.45, 2.75) is 27.7 Å². The lowest BCUT2D eigenvalue weighted by molar-refractivity contribution is 0.101. The molecule has 19 heavy (non-hydrogen) atoms. The smallest absolute Gasteiger partial charge is 0.161 e. The van der Waals surface area contributed by atoms with Gasteiger partial charge in [0.15, 0.2) is 5.78 Å². The minimum Gasteiger partial charge on any atom is -0.494 e. The average Bonchev–Trinajstić information content (AvgIpc) is 2.67. The number of rotatable bonds is 4. The molecule has 0 amide bonds. The first kappa shape index (κ1) is 13.4. The highest BCUT2D eigenvalue weighted by Crippen LogP contribution is 2.23. The van der Waals surface area contributed by atoms with Crippen LogP contribution in [0.2, 0.25) is 0 Å². The Bertz CT molecular complexity index is 594. The fraction of sp³-hybridized carbons (Fsp3) is 0.312. The molecule has 1 aromatic carbocycles. The summed E-state index contributed by atoms with van der Waals surface area (Å²) in [6.45, 7) is 8.21. The molecule has 0 saturated carbocycles. The minimum atomic E-state index is 0.102. The molecule has 0 saturated heterocycles. The van der Waals surface area contributed by atoms with Crippen molar-refractivity contribution in [3.8, 4) is 11.4 Å². The van der Waals surface area contributed by atoms with Crippen molar-refractivity contribution in [2.75, 3.05) is 6.61 Å². The molecular formula is C16H19NO2. The van der Waals surface area contributed by atoms with E-state index in [1.54, 1.807) is 6.92 Å². The Morgan fingerprint density at radius 2 is 1.84 bits per heavy atom. The summed E-state index contributed by atoms with van der Waals surface area (Å²) in [4.78, 5) is 11.6.